The van der Waals surface area contributed by atoms with Crippen LogP contribution in [-0.2, 0) is 26.0 Å². The summed E-state index contributed by atoms with van der Waals surface area (Å²) in [6, 6.07) is 29.9. The largest absolute Gasteiger partial charge is 0.476 e. The summed E-state index contributed by atoms with van der Waals surface area (Å²) in [4.78, 5) is 26.5. The number of carbonyl (C=O) groups is 2. The van der Waals surface area contributed by atoms with E-state index >= 15 is 0 Å². The molecule has 0 aromatic heterocycles. The Balaban J connectivity index is 1.34. The number of nitrogens with zero attached hydrogens (tertiary/aromatic N) is 1. The molecular formula is C33H32N2O5S. The van der Waals surface area contributed by atoms with Crippen LogP contribution in [0.4, 0.5) is 11.4 Å². The molecule has 0 saturated carbocycles. The van der Waals surface area contributed by atoms with Crippen LogP contribution in [0.3, 0.4) is 0 Å². The van der Waals surface area contributed by atoms with Crippen molar-refractivity contribution < 1.29 is 22.7 Å². The number of rotatable bonds is 7. The first-order valence-corrected chi connectivity index (χ1v) is 15.0. The third-order valence-electron chi connectivity index (χ3n) is 6.96. The summed E-state index contributed by atoms with van der Waals surface area (Å²) in [6.45, 7) is 6.16. The standard InChI is InChI=1S/C33H32N2O5S/c1-33(2,3)26-18-16-24(17-19-26)31(36)25-12-9-13-27(20-25)34-32(37)30-21-35(28-14-7-8-15-29(28)40-30)41(38,39)22-23-10-5-4-6-11-23/h4-20,30H,21-22H2,1-3H3,(H,34,37). The number of sulfonamides is 1. The second kappa shape index (κ2) is 11.2. The second-order valence-electron chi connectivity index (χ2n) is 11.1. The van der Waals surface area contributed by atoms with Crippen LogP contribution in [0.25, 0.3) is 0 Å². The van der Waals surface area contributed by atoms with Gasteiger partial charge in [-0.1, -0.05) is 99.6 Å². The normalized spacial score (nSPS) is 15.0. The molecule has 4 aromatic carbocycles. The van der Waals surface area contributed by atoms with Crippen molar-refractivity contribution in [3.8, 4) is 5.75 Å². The number of benzene rings is 4. The Hall–Kier alpha value is -4.43. The summed E-state index contributed by atoms with van der Waals surface area (Å²) < 4.78 is 34.1. The maximum absolute atomic E-state index is 13.5. The second-order valence-corrected chi connectivity index (χ2v) is 13.0. The molecular weight excluding hydrogens is 536 g/mol. The third kappa shape index (κ3) is 6.33. The fourth-order valence-electron chi connectivity index (χ4n) is 4.71. The molecule has 7 nitrogen and oxygen atoms in total. The van der Waals surface area contributed by atoms with Crippen LogP contribution in [0.5, 0.6) is 5.75 Å². The smallest absolute Gasteiger partial charge is 0.267 e. The summed E-state index contributed by atoms with van der Waals surface area (Å²) in [5.41, 5.74) is 3.52. The lowest BCUT2D eigenvalue weighted by Crippen LogP contribution is -2.49. The number of carbonyl (C=O) groups excluding carboxylic acids is 2. The fraction of sp³-hybridized carbons (Fsp3) is 0.212. The predicted octanol–water partition coefficient (Wildman–Crippen LogP) is 5.95. The molecule has 0 bridgehead atoms. The van der Waals surface area contributed by atoms with Gasteiger partial charge >= 0.3 is 0 Å². The van der Waals surface area contributed by atoms with Gasteiger partial charge in [-0.25, -0.2) is 8.42 Å². The highest BCUT2D eigenvalue weighted by Crippen LogP contribution is 2.36. The maximum Gasteiger partial charge on any atom is 0.267 e. The van der Waals surface area contributed by atoms with Gasteiger partial charge in [-0.05, 0) is 40.8 Å². The summed E-state index contributed by atoms with van der Waals surface area (Å²) in [6.07, 6.45) is -1.10. The molecule has 0 aliphatic carbocycles. The van der Waals surface area contributed by atoms with E-state index in [0.29, 0.717) is 33.8 Å². The number of ether oxygens (including phenoxy) is 1. The molecule has 4 aromatic rings. The van der Waals surface area contributed by atoms with Crippen molar-refractivity contribution in [3.05, 3.63) is 125 Å². The molecule has 1 atom stereocenters. The maximum atomic E-state index is 13.5. The Morgan fingerprint density at radius 2 is 1.54 bits per heavy atom. The topological polar surface area (TPSA) is 92.8 Å². The van der Waals surface area contributed by atoms with Gasteiger partial charge in [-0.15, -0.1) is 0 Å². The Labute approximate surface area is 240 Å². The minimum Gasteiger partial charge on any atom is -0.476 e. The van der Waals surface area contributed by atoms with Gasteiger partial charge in [0, 0.05) is 16.8 Å². The number of ketones is 1. The number of anilines is 2. The molecule has 1 unspecified atom stereocenters. The van der Waals surface area contributed by atoms with Gasteiger partial charge in [0.25, 0.3) is 5.91 Å². The molecule has 41 heavy (non-hydrogen) atoms. The van der Waals surface area contributed by atoms with Gasteiger partial charge in [0.05, 0.1) is 18.0 Å². The molecule has 1 heterocycles. The number of amides is 1. The fourth-order valence-corrected chi connectivity index (χ4v) is 6.30. The zero-order chi connectivity index (χ0) is 29.2. The molecule has 1 amide bonds. The Morgan fingerprint density at radius 3 is 2.24 bits per heavy atom. The third-order valence-corrected chi connectivity index (χ3v) is 8.68. The highest BCUT2D eigenvalue weighted by Gasteiger charge is 2.36. The van der Waals surface area contributed by atoms with E-state index in [1.807, 2.05) is 30.3 Å². The molecule has 0 spiro atoms. The monoisotopic (exact) mass is 568 g/mol. The van der Waals surface area contributed by atoms with E-state index in [1.54, 1.807) is 72.8 Å². The summed E-state index contributed by atoms with van der Waals surface area (Å²) in [7, 11) is -3.82. The van der Waals surface area contributed by atoms with E-state index in [2.05, 4.69) is 26.1 Å². The van der Waals surface area contributed by atoms with Gasteiger partial charge < -0.3 is 10.1 Å². The molecule has 0 fully saturated rings. The molecule has 1 aliphatic heterocycles. The molecule has 1 aliphatic rings. The van der Waals surface area contributed by atoms with Crippen LogP contribution in [0.1, 0.15) is 47.8 Å². The van der Waals surface area contributed by atoms with E-state index in [0.717, 1.165) is 5.56 Å². The summed E-state index contributed by atoms with van der Waals surface area (Å²) >= 11 is 0. The van der Waals surface area contributed by atoms with E-state index in [-0.39, 0.29) is 23.5 Å². The molecule has 5 rings (SSSR count). The van der Waals surface area contributed by atoms with Gasteiger partial charge in [-0.2, -0.15) is 0 Å². The van der Waals surface area contributed by atoms with Crippen molar-refractivity contribution >= 4 is 33.1 Å². The van der Waals surface area contributed by atoms with Crippen molar-refractivity contribution in [2.75, 3.05) is 16.2 Å². The molecule has 8 heteroatoms. The number of fused-ring (bicyclic) bond motifs is 1. The predicted molar refractivity (Wildman–Crippen MR) is 161 cm³/mol. The molecule has 210 valence electrons. The molecule has 1 N–H and O–H groups in total. The van der Waals surface area contributed by atoms with Gasteiger partial charge in [0.15, 0.2) is 11.9 Å². The van der Waals surface area contributed by atoms with Crippen LogP contribution in [0.2, 0.25) is 0 Å². The first kappa shape index (κ1) is 28.1. The Kier molecular flexibility index (Phi) is 7.69. The first-order valence-electron chi connectivity index (χ1n) is 13.4. The van der Waals surface area contributed by atoms with Gasteiger partial charge in [0.2, 0.25) is 10.0 Å². The van der Waals surface area contributed by atoms with Gasteiger partial charge in [0.1, 0.15) is 5.75 Å². The lowest BCUT2D eigenvalue weighted by Gasteiger charge is -2.34. The zero-order valence-electron chi connectivity index (χ0n) is 23.2. The highest BCUT2D eigenvalue weighted by molar-refractivity contribution is 7.92. The van der Waals surface area contributed by atoms with Crippen molar-refractivity contribution in [2.24, 2.45) is 0 Å². The number of hydrogen-bond donors (Lipinski definition) is 1. The van der Waals surface area contributed by atoms with E-state index in [1.165, 1.54) is 4.31 Å². The van der Waals surface area contributed by atoms with Crippen LogP contribution in [0, 0.1) is 0 Å². The van der Waals surface area contributed by atoms with Crippen LogP contribution < -0.4 is 14.4 Å². The van der Waals surface area contributed by atoms with Crippen molar-refractivity contribution in [3.63, 3.8) is 0 Å². The van der Waals surface area contributed by atoms with Crippen LogP contribution in [0.15, 0.2) is 103 Å². The number of nitrogens with one attached hydrogen (secondary N) is 1. The van der Waals surface area contributed by atoms with Crippen molar-refractivity contribution in [1.29, 1.82) is 0 Å². The zero-order valence-corrected chi connectivity index (χ0v) is 24.0. The minimum absolute atomic E-state index is 0.0239. The summed E-state index contributed by atoms with van der Waals surface area (Å²) in [5, 5.41) is 2.80. The van der Waals surface area contributed by atoms with E-state index in [4.69, 9.17) is 4.74 Å². The molecule has 0 radical (unpaired) electrons. The van der Waals surface area contributed by atoms with Crippen LogP contribution >= 0.6 is 0 Å². The Bertz CT molecular complexity index is 1680. The first-order chi connectivity index (χ1) is 19.5. The average Bonchev–Trinajstić information content (AvgIpc) is 2.96. The Morgan fingerprint density at radius 1 is 0.854 bits per heavy atom. The molecule has 0 saturated heterocycles. The lowest BCUT2D eigenvalue weighted by atomic mass is 9.86. The highest BCUT2D eigenvalue weighted by atomic mass is 32.2. The quantitative estimate of drug-likeness (QED) is 0.278. The van der Waals surface area contributed by atoms with Crippen LogP contribution in [-0.4, -0.2) is 32.8 Å². The number of hydrogen-bond acceptors (Lipinski definition) is 5. The van der Waals surface area contributed by atoms with Gasteiger partial charge in [-0.3, -0.25) is 13.9 Å². The van der Waals surface area contributed by atoms with E-state index < -0.39 is 22.0 Å². The van der Waals surface area contributed by atoms with Crippen molar-refractivity contribution in [2.45, 2.75) is 38.0 Å². The van der Waals surface area contributed by atoms with Crippen molar-refractivity contribution in [1.82, 2.24) is 0 Å². The lowest BCUT2D eigenvalue weighted by molar-refractivity contribution is -0.122. The average molecular weight is 569 g/mol. The summed E-state index contributed by atoms with van der Waals surface area (Å²) in [5.74, 6) is -0.587. The minimum atomic E-state index is -3.82. The SMILES string of the molecule is CC(C)(C)c1ccc(C(=O)c2cccc(NC(=O)C3CN(S(=O)(=O)Cc4ccccc4)c4ccccc4O3)c2)cc1. The number of para-hydroxylation sites is 2. The van der Waals surface area contributed by atoms with E-state index in [9.17, 15) is 18.0 Å².